The number of aryl methyl sites for hydroxylation is 1. The fraction of sp³-hybridized carbons (Fsp3) is 0.167. The van der Waals surface area contributed by atoms with E-state index in [1.807, 2.05) is 55.5 Å². The lowest BCUT2D eigenvalue weighted by molar-refractivity contribution is 0.217. The third-order valence-corrected chi connectivity index (χ3v) is 4.15. The average molecular weight is 405 g/mol. The molecule has 1 heterocycles. The molecule has 3 aromatic rings. The van der Waals surface area contributed by atoms with Gasteiger partial charge in [-0.05, 0) is 53.8 Å². The van der Waals surface area contributed by atoms with E-state index in [0.717, 1.165) is 31.7 Å². The second-order valence-corrected chi connectivity index (χ2v) is 6.07. The Bertz CT molecular complexity index is 789. The smallest absolute Gasteiger partial charge is 0.145 e. The number of rotatable bonds is 5. The Kier molecular flexibility index (Phi) is 4.77. The number of hydrogen-bond donors (Lipinski definition) is 0. The molecule has 0 bridgehead atoms. The predicted molar refractivity (Wildman–Crippen MR) is 96.6 cm³/mol. The molecule has 0 aliphatic rings. The molecule has 3 nitrogen and oxygen atoms in total. The van der Waals surface area contributed by atoms with Gasteiger partial charge in [-0.2, -0.15) is 0 Å². The van der Waals surface area contributed by atoms with Gasteiger partial charge in [0.05, 0.1) is 3.57 Å². The summed E-state index contributed by atoms with van der Waals surface area (Å²) >= 11 is 2.26. The van der Waals surface area contributed by atoms with Crippen molar-refractivity contribution >= 4 is 33.5 Å². The summed E-state index contributed by atoms with van der Waals surface area (Å²) < 4.78 is 12.7. The van der Waals surface area contributed by atoms with E-state index in [0.29, 0.717) is 13.2 Å². The molecule has 1 aromatic heterocycles. The number of ether oxygens (including phenoxy) is 2. The monoisotopic (exact) mass is 405 g/mol. The maximum absolute atomic E-state index is 5.85. The van der Waals surface area contributed by atoms with Crippen LogP contribution in [-0.4, -0.2) is 18.2 Å². The van der Waals surface area contributed by atoms with Crippen LogP contribution in [0.4, 0.5) is 0 Å². The number of halogens is 1. The van der Waals surface area contributed by atoms with E-state index >= 15 is 0 Å². The average Bonchev–Trinajstić information content (AvgIpc) is 2.53. The molecule has 0 aliphatic carbocycles. The van der Waals surface area contributed by atoms with Crippen LogP contribution in [0.2, 0.25) is 0 Å². The van der Waals surface area contributed by atoms with Crippen LogP contribution >= 0.6 is 22.6 Å². The zero-order valence-electron chi connectivity index (χ0n) is 12.3. The first-order chi connectivity index (χ1) is 10.7. The first-order valence-corrected chi connectivity index (χ1v) is 8.18. The topological polar surface area (TPSA) is 31.4 Å². The molecule has 0 fully saturated rings. The first kappa shape index (κ1) is 15.1. The van der Waals surface area contributed by atoms with Gasteiger partial charge in [0.2, 0.25) is 0 Å². The SMILES string of the molecule is Cc1ccc2cccc(OCCOc3ccccc3I)c2n1. The second kappa shape index (κ2) is 6.96. The highest BCUT2D eigenvalue weighted by molar-refractivity contribution is 14.1. The summed E-state index contributed by atoms with van der Waals surface area (Å²) in [5.41, 5.74) is 1.88. The number of nitrogens with zero attached hydrogens (tertiary/aromatic N) is 1. The lowest BCUT2D eigenvalue weighted by Gasteiger charge is -2.11. The zero-order valence-corrected chi connectivity index (χ0v) is 14.4. The largest absolute Gasteiger partial charge is 0.489 e. The standard InChI is InChI=1S/C18H16INO2/c1-13-9-10-14-5-4-8-17(18(14)20-13)22-12-11-21-16-7-3-2-6-15(16)19/h2-10H,11-12H2,1H3. The van der Waals surface area contributed by atoms with Crippen molar-refractivity contribution in [3.63, 3.8) is 0 Å². The molecular formula is C18H16INO2. The van der Waals surface area contributed by atoms with Crippen LogP contribution in [0.3, 0.4) is 0 Å². The minimum absolute atomic E-state index is 0.486. The highest BCUT2D eigenvalue weighted by Gasteiger charge is 2.04. The van der Waals surface area contributed by atoms with Gasteiger partial charge in [0.15, 0.2) is 0 Å². The van der Waals surface area contributed by atoms with E-state index in [1.54, 1.807) is 0 Å². The lowest BCUT2D eigenvalue weighted by atomic mass is 10.2. The Morgan fingerprint density at radius 2 is 1.59 bits per heavy atom. The summed E-state index contributed by atoms with van der Waals surface area (Å²) in [7, 11) is 0. The van der Waals surface area contributed by atoms with Gasteiger partial charge in [0.25, 0.3) is 0 Å². The molecule has 0 radical (unpaired) electrons. The van der Waals surface area contributed by atoms with E-state index in [1.165, 1.54) is 0 Å². The third-order valence-electron chi connectivity index (χ3n) is 3.26. The van der Waals surface area contributed by atoms with Gasteiger partial charge in [-0.3, -0.25) is 0 Å². The van der Waals surface area contributed by atoms with Crippen molar-refractivity contribution in [1.82, 2.24) is 4.98 Å². The highest BCUT2D eigenvalue weighted by Crippen LogP contribution is 2.24. The van der Waals surface area contributed by atoms with Crippen molar-refractivity contribution in [2.45, 2.75) is 6.92 Å². The highest BCUT2D eigenvalue weighted by atomic mass is 127. The van der Waals surface area contributed by atoms with Crippen LogP contribution < -0.4 is 9.47 Å². The van der Waals surface area contributed by atoms with Crippen molar-refractivity contribution < 1.29 is 9.47 Å². The Balaban J connectivity index is 1.65. The van der Waals surface area contributed by atoms with Gasteiger partial charge in [0, 0.05) is 11.1 Å². The Labute approximate surface area is 143 Å². The summed E-state index contributed by atoms with van der Waals surface area (Å²) in [5.74, 6) is 1.69. The summed E-state index contributed by atoms with van der Waals surface area (Å²) in [6.45, 7) is 2.97. The number of hydrogen-bond acceptors (Lipinski definition) is 3. The van der Waals surface area contributed by atoms with Crippen molar-refractivity contribution in [2.75, 3.05) is 13.2 Å². The fourth-order valence-electron chi connectivity index (χ4n) is 2.20. The van der Waals surface area contributed by atoms with E-state index < -0.39 is 0 Å². The van der Waals surface area contributed by atoms with Crippen LogP contribution in [0.1, 0.15) is 5.69 Å². The van der Waals surface area contributed by atoms with Crippen molar-refractivity contribution in [2.24, 2.45) is 0 Å². The van der Waals surface area contributed by atoms with Crippen LogP contribution in [0.25, 0.3) is 10.9 Å². The van der Waals surface area contributed by atoms with Crippen LogP contribution in [0.15, 0.2) is 54.6 Å². The molecule has 0 aliphatic heterocycles. The molecule has 0 spiro atoms. The van der Waals surface area contributed by atoms with Gasteiger partial charge in [-0.1, -0.05) is 30.3 Å². The molecule has 0 saturated heterocycles. The molecule has 4 heteroatoms. The third kappa shape index (κ3) is 3.50. The molecule has 112 valence electrons. The normalized spacial score (nSPS) is 10.6. The van der Waals surface area contributed by atoms with Crippen LogP contribution in [-0.2, 0) is 0 Å². The van der Waals surface area contributed by atoms with Crippen LogP contribution in [0.5, 0.6) is 11.5 Å². The first-order valence-electron chi connectivity index (χ1n) is 7.10. The molecule has 0 atom stereocenters. The van der Waals surface area contributed by atoms with E-state index in [9.17, 15) is 0 Å². The number of fused-ring (bicyclic) bond motifs is 1. The van der Waals surface area contributed by atoms with E-state index in [2.05, 4.69) is 33.6 Å². The minimum Gasteiger partial charge on any atom is -0.489 e. The summed E-state index contributed by atoms with van der Waals surface area (Å²) in [4.78, 5) is 4.56. The van der Waals surface area contributed by atoms with Crippen molar-refractivity contribution in [3.8, 4) is 11.5 Å². The molecule has 0 saturated carbocycles. The number of para-hydroxylation sites is 2. The van der Waals surface area contributed by atoms with Crippen molar-refractivity contribution in [1.29, 1.82) is 0 Å². The molecule has 0 amide bonds. The predicted octanol–water partition coefficient (Wildman–Crippen LogP) is 4.61. The van der Waals surface area contributed by atoms with Gasteiger partial charge in [0.1, 0.15) is 30.2 Å². The van der Waals surface area contributed by atoms with E-state index in [-0.39, 0.29) is 0 Å². The maximum Gasteiger partial charge on any atom is 0.145 e. The number of aromatic nitrogens is 1. The molecule has 0 N–H and O–H groups in total. The molecule has 0 unspecified atom stereocenters. The van der Waals surface area contributed by atoms with E-state index in [4.69, 9.17) is 9.47 Å². The Morgan fingerprint density at radius 1 is 0.864 bits per heavy atom. The Hall–Kier alpha value is -1.82. The second-order valence-electron chi connectivity index (χ2n) is 4.91. The molecule has 2 aromatic carbocycles. The number of pyridine rings is 1. The quantitative estimate of drug-likeness (QED) is 0.459. The Morgan fingerprint density at radius 3 is 2.41 bits per heavy atom. The van der Waals surface area contributed by atoms with Crippen molar-refractivity contribution in [3.05, 3.63) is 63.9 Å². The minimum atomic E-state index is 0.486. The number of benzene rings is 2. The lowest BCUT2D eigenvalue weighted by Crippen LogP contribution is -2.10. The van der Waals surface area contributed by atoms with Gasteiger partial charge < -0.3 is 9.47 Å². The fourth-order valence-corrected chi connectivity index (χ4v) is 2.74. The summed E-state index contributed by atoms with van der Waals surface area (Å²) in [5, 5.41) is 1.08. The summed E-state index contributed by atoms with van der Waals surface area (Å²) in [6.07, 6.45) is 0. The molecule has 22 heavy (non-hydrogen) atoms. The molecular weight excluding hydrogens is 389 g/mol. The molecule has 3 rings (SSSR count). The zero-order chi connectivity index (χ0) is 15.4. The van der Waals surface area contributed by atoms with Crippen LogP contribution in [0, 0.1) is 10.5 Å². The van der Waals surface area contributed by atoms with Gasteiger partial charge in [-0.25, -0.2) is 4.98 Å². The maximum atomic E-state index is 5.85. The van der Waals surface area contributed by atoms with Gasteiger partial charge in [-0.15, -0.1) is 0 Å². The summed E-state index contributed by atoms with van der Waals surface area (Å²) in [6, 6.07) is 18.0. The van der Waals surface area contributed by atoms with Gasteiger partial charge >= 0.3 is 0 Å².